The van der Waals surface area contributed by atoms with Crippen LogP contribution in [0, 0.1) is 35.5 Å². The zero-order chi connectivity index (χ0) is 13.0. The third kappa shape index (κ3) is 5.02. The SMILES string of the molecule is CCC(C)C(C)CC(C)C(C)CCC1CC1C. The predicted molar refractivity (Wildman–Crippen MR) is 78.1 cm³/mol. The molecular weight excluding hydrogens is 204 g/mol. The van der Waals surface area contributed by atoms with Crippen molar-refractivity contribution >= 4 is 0 Å². The van der Waals surface area contributed by atoms with Crippen molar-refractivity contribution in [3.8, 4) is 0 Å². The average molecular weight is 238 g/mol. The summed E-state index contributed by atoms with van der Waals surface area (Å²) < 4.78 is 0. The van der Waals surface area contributed by atoms with Gasteiger partial charge in [-0.3, -0.25) is 0 Å². The largest absolute Gasteiger partial charge is 0.0651 e. The fourth-order valence-electron chi connectivity index (χ4n) is 3.02. The lowest BCUT2D eigenvalue weighted by atomic mass is 9.80. The van der Waals surface area contributed by atoms with Gasteiger partial charge in [0.15, 0.2) is 0 Å². The maximum absolute atomic E-state index is 2.47. The van der Waals surface area contributed by atoms with E-state index in [0.29, 0.717) is 0 Å². The predicted octanol–water partition coefficient (Wildman–Crippen LogP) is 5.77. The van der Waals surface area contributed by atoms with Crippen LogP contribution < -0.4 is 0 Å². The molecule has 0 heteroatoms. The highest BCUT2D eigenvalue weighted by molar-refractivity contribution is 4.83. The minimum atomic E-state index is 0.896. The molecule has 0 radical (unpaired) electrons. The molecule has 1 aliphatic carbocycles. The molecule has 0 heterocycles. The van der Waals surface area contributed by atoms with Gasteiger partial charge in [0.25, 0.3) is 0 Å². The van der Waals surface area contributed by atoms with Gasteiger partial charge in [0.1, 0.15) is 0 Å². The molecule has 0 bridgehead atoms. The Labute approximate surface area is 110 Å². The van der Waals surface area contributed by atoms with Gasteiger partial charge in [-0.25, -0.2) is 0 Å². The Hall–Kier alpha value is 0. The van der Waals surface area contributed by atoms with Crippen molar-refractivity contribution < 1.29 is 0 Å². The second-order valence-electron chi connectivity index (χ2n) is 7.10. The number of hydrogen-bond acceptors (Lipinski definition) is 0. The van der Waals surface area contributed by atoms with Crippen molar-refractivity contribution in [2.45, 2.75) is 73.6 Å². The van der Waals surface area contributed by atoms with Gasteiger partial charge in [-0.1, -0.05) is 54.4 Å². The van der Waals surface area contributed by atoms with E-state index >= 15 is 0 Å². The summed E-state index contributed by atoms with van der Waals surface area (Å²) in [5.74, 6) is 5.75. The topological polar surface area (TPSA) is 0 Å². The Kier molecular flexibility index (Phi) is 6.03. The molecule has 0 aromatic heterocycles. The quantitative estimate of drug-likeness (QED) is 0.504. The number of hydrogen-bond donors (Lipinski definition) is 0. The van der Waals surface area contributed by atoms with Crippen LogP contribution in [-0.2, 0) is 0 Å². The fourth-order valence-corrected chi connectivity index (χ4v) is 3.02. The smallest absolute Gasteiger partial charge is 0.0386 e. The standard InChI is InChI=1S/C17H34/c1-7-12(2)14(4)10-15(5)13(3)8-9-17-11-16(17)6/h12-17H,7-11H2,1-6H3. The van der Waals surface area contributed by atoms with Gasteiger partial charge in [-0.05, 0) is 54.8 Å². The Balaban J connectivity index is 2.18. The molecule has 0 aromatic rings. The molecule has 1 aliphatic rings. The van der Waals surface area contributed by atoms with E-state index in [1.165, 1.54) is 32.1 Å². The van der Waals surface area contributed by atoms with Gasteiger partial charge in [0.2, 0.25) is 0 Å². The Bertz CT molecular complexity index is 208. The fraction of sp³-hybridized carbons (Fsp3) is 1.00. The molecule has 0 spiro atoms. The van der Waals surface area contributed by atoms with Crippen LogP contribution >= 0.6 is 0 Å². The molecule has 1 fully saturated rings. The monoisotopic (exact) mass is 238 g/mol. The first-order valence-corrected chi connectivity index (χ1v) is 7.95. The third-order valence-electron chi connectivity index (χ3n) is 5.60. The average Bonchev–Trinajstić information content (AvgIpc) is 3.00. The van der Waals surface area contributed by atoms with Gasteiger partial charge in [0.05, 0.1) is 0 Å². The van der Waals surface area contributed by atoms with Crippen molar-refractivity contribution in [3.05, 3.63) is 0 Å². The summed E-state index contributed by atoms with van der Waals surface area (Å²) in [6.45, 7) is 14.5. The van der Waals surface area contributed by atoms with E-state index < -0.39 is 0 Å². The summed E-state index contributed by atoms with van der Waals surface area (Å²) in [6.07, 6.45) is 7.22. The van der Waals surface area contributed by atoms with E-state index in [2.05, 4.69) is 41.5 Å². The zero-order valence-corrected chi connectivity index (χ0v) is 13.0. The molecule has 102 valence electrons. The van der Waals surface area contributed by atoms with Crippen molar-refractivity contribution in [2.24, 2.45) is 35.5 Å². The van der Waals surface area contributed by atoms with Crippen LogP contribution in [0.5, 0.6) is 0 Å². The van der Waals surface area contributed by atoms with Gasteiger partial charge in [-0.15, -0.1) is 0 Å². The summed E-state index contributed by atoms with van der Waals surface area (Å²) in [5.41, 5.74) is 0. The van der Waals surface area contributed by atoms with Crippen LogP contribution in [0.3, 0.4) is 0 Å². The molecule has 0 aliphatic heterocycles. The van der Waals surface area contributed by atoms with Gasteiger partial charge in [0, 0.05) is 0 Å². The molecule has 0 amide bonds. The summed E-state index contributed by atoms with van der Waals surface area (Å²) in [6, 6.07) is 0. The molecule has 0 N–H and O–H groups in total. The maximum atomic E-state index is 2.47. The highest BCUT2D eigenvalue weighted by Gasteiger charge is 2.32. The van der Waals surface area contributed by atoms with Gasteiger partial charge < -0.3 is 0 Å². The van der Waals surface area contributed by atoms with E-state index in [1.54, 1.807) is 0 Å². The summed E-state index contributed by atoms with van der Waals surface area (Å²) in [4.78, 5) is 0. The Morgan fingerprint density at radius 3 is 1.94 bits per heavy atom. The lowest BCUT2D eigenvalue weighted by Gasteiger charge is -2.26. The van der Waals surface area contributed by atoms with Crippen LogP contribution in [0.15, 0.2) is 0 Å². The minimum Gasteiger partial charge on any atom is -0.0651 e. The second-order valence-corrected chi connectivity index (χ2v) is 7.10. The van der Waals surface area contributed by atoms with Gasteiger partial charge >= 0.3 is 0 Å². The summed E-state index contributed by atoms with van der Waals surface area (Å²) >= 11 is 0. The first kappa shape index (κ1) is 15.1. The van der Waals surface area contributed by atoms with Crippen LogP contribution in [0.25, 0.3) is 0 Å². The molecule has 1 saturated carbocycles. The summed E-state index contributed by atoms with van der Waals surface area (Å²) in [5, 5.41) is 0. The van der Waals surface area contributed by atoms with Crippen LogP contribution in [-0.4, -0.2) is 0 Å². The highest BCUT2D eigenvalue weighted by Crippen LogP contribution is 2.42. The lowest BCUT2D eigenvalue weighted by Crippen LogP contribution is -2.16. The molecule has 0 aromatic carbocycles. The zero-order valence-electron chi connectivity index (χ0n) is 13.0. The minimum absolute atomic E-state index is 0.896. The first-order chi connectivity index (χ1) is 7.95. The van der Waals surface area contributed by atoms with Gasteiger partial charge in [-0.2, -0.15) is 0 Å². The first-order valence-electron chi connectivity index (χ1n) is 7.95. The lowest BCUT2D eigenvalue weighted by molar-refractivity contribution is 0.246. The molecule has 17 heavy (non-hydrogen) atoms. The Morgan fingerprint density at radius 1 is 0.941 bits per heavy atom. The molecule has 0 saturated heterocycles. The summed E-state index contributed by atoms with van der Waals surface area (Å²) in [7, 11) is 0. The van der Waals surface area contributed by atoms with E-state index in [0.717, 1.165) is 35.5 Å². The van der Waals surface area contributed by atoms with Crippen LogP contribution in [0.2, 0.25) is 0 Å². The second kappa shape index (κ2) is 6.81. The van der Waals surface area contributed by atoms with Crippen molar-refractivity contribution in [1.82, 2.24) is 0 Å². The molecule has 0 nitrogen and oxygen atoms in total. The molecule has 6 unspecified atom stereocenters. The normalized spacial score (nSPS) is 30.7. The highest BCUT2D eigenvalue weighted by atomic mass is 14.4. The van der Waals surface area contributed by atoms with Crippen molar-refractivity contribution in [2.75, 3.05) is 0 Å². The van der Waals surface area contributed by atoms with Crippen molar-refractivity contribution in [3.63, 3.8) is 0 Å². The van der Waals surface area contributed by atoms with Crippen molar-refractivity contribution in [1.29, 1.82) is 0 Å². The van der Waals surface area contributed by atoms with E-state index in [9.17, 15) is 0 Å². The maximum Gasteiger partial charge on any atom is -0.0386 e. The molecule has 1 rings (SSSR count). The third-order valence-corrected chi connectivity index (χ3v) is 5.60. The Morgan fingerprint density at radius 2 is 1.47 bits per heavy atom. The van der Waals surface area contributed by atoms with Crippen LogP contribution in [0.4, 0.5) is 0 Å². The number of rotatable bonds is 8. The molecule has 6 atom stereocenters. The van der Waals surface area contributed by atoms with E-state index in [4.69, 9.17) is 0 Å². The molecular formula is C17H34. The van der Waals surface area contributed by atoms with E-state index in [-0.39, 0.29) is 0 Å². The van der Waals surface area contributed by atoms with E-state index in [1.807, 2.05) is 0 Å². The van der Waals surface area contributed by atoms with Crippen LogP contribution in [0.1, 0.15) is 73.6 Å².